The highest BCUT2D eigenvalue weighted by Crippen LogP contribution is 2.32. The largest absolute Gasteiger partial charge is 0.329 e. The van der Waals surface area contributed by atoms with Crippen LogP contribution in [0.15, 0.2) is 48.7 Å². The highest BCUT2D eigenvalue weighted by molar-refractivity contribution is 6.04. The smallest absolute Gasteiger partial charge is 0.275 e. The van der Waals surface area contributed by atoms with Crippen LogP contribution in [0.1, 0.15) is 35.1 Å². The number of benzene rings is 1. The number of amides is 1. The van der Waals surface area contributed by atoms with Gasteiger partial charge >= 0.3 is 0 Å². The molecule has 1 atom stereocenters. The van der Waals surface area contributed by atoms with Crippen LogP contribution >= 0.6 is 0 Å². The second kappa shape index (κ2) is 5.26. The topological polar surface area (TPSA) is 61.9 Å². The number of hydrogen-bond donors (Lipinski definition) is 1. The Morgan fingerprint density at radius 3 is 2.91 bits per heavy atom. The number of nitrogens with zero attached hydrogens (tertiary/aromatic N) is 3. The number of carbonyl (C=O) groups excluding carboxylic acids is 1. The molecule has 0 bridgehead atoms. The van der Waals surface area contributed by atoms with E-state index in [0.29, 0.717) is 5.69 Å². The van der Waals surface area contributed by atoms with Crippen LogP contribution in [-0.2, 0) is 0 Å². The second-order valence-electron chi connectivity index (χ2n) is 5.53. The zero-order chi connectivity index (χ0) is 14.9. The second-order valence-corrected chi connectivity index (χ2v) is 5.53. The standard InChI is InChI=1S/C17H16N4O/c22-17(16-12-6-1-2-7-13(12)19-20-16)21-11-5-9-15(21)14-8-3-4-10-18-14/h1-4,6-8,10,15H,5,9,11H2,(H,19,20)/t15-/m0/s1. The Kier molecular flexibility index (Phi) is 3.11. The van der Waals surface area contributed by atoms with Gasteiger partial charge in [-0.25, -0.2) is 0 Å². The number of rotatable bonds is 2. The number of fused-ring (bicyclic) bond motifs is 1. The molecule has 1 amide bonds. The van der Waals surface area contributed by atoms with Crippen molar-refractivity contribution in [1.29, 1.82) is 0 Å². The molecule has 1 saturated heterocycles. The SMILES string of the molecule is O=C(c1n[nH]c2ccccc12)N1CCC[C@H]1c1ccccn1. The van der Waals surface area contributed by atoms with E-state index in [9.17, 15) is 4.79 Å². The van der Waals surface area contributed by atoms with Crippen molar-refractivity contribution < 1.29 is 4.79 Å². The van der Waals surface area contributed by atoms with Crippen LogP contribution in [0.2, 0.25) is 0 Å². The molecular weight excluding hydrogens is 276 g/mol. The molecular formula is C17H16N4O. The minimum absolute atomic E-state index is 0.0226. The van der Waals surface area contributed by atoms with Crippen molar-refractivity contribution in [2.75, 3.05) is 6.54 Å². The van der Waals surface area contributed by atoms with Gasteiger partial charge in [0, 0.05) is 18.1 Å². The van der Waals surface area contributed by atoms with E-state index in [1.54, 1.807) is 6.20 Å². The third-order valence-electron chi connectivity index (χ3n) is 4.22. The van der Waals surface area contributed by atoms with E-state index in [-0.39, 0.29) is 11.9 Å². The van der Waals surface area contributed by atoms with Gasteiger partial charge in [0.05, 0.1) is 17.3 Å². The number of aromatic nitrogens is 3. The molecule has 22 heavy (non-hydrogen) atoms. The van der Waals surface area contributed by atoms with Crippen LogP contribution in [0.4, 0.5) is 0 Å². The van der Waals surface area contributed by atoms with Crippen LogP contribution < -0.4 is 0 Å². The van der Waals surface area contributed by atoms with Crippen molar-refractivity contribution in [1.82, 2.24) is 20.1 Å². The number of hydrogen-bond acceptors (Lipinski definition) is 3. The van der Waals surface area contributed by atoms with E-state index in [4.69, 9.17) is 0 Å². The van der Waals surface area contributed by atoms with Crippen molar-refractivity contribution in [3.63, 3.8) is 0 Å². The maximum absolute atomic E-state index is 12.9. The first-order valence-corrected chi connectivity index (χ1v) is 7.49. The van der Waals surface area contributed by atoms with Gasteiger partial charge in [0.25, 0.3) is 5.91 Å². The maximum Gasteiger partial charge on any atom is 0.275 e. The first-order chi connectivity index (χ1) is 10.8. The van der Waals surface area contributed by atoms with Crippen molar-refractivity contribution in [3.8, 4) is 0 Å². The van der Waals surface area contributed by atoms with Crippen LogP contribution in [0.3, 0.4) is 0 Å². The molecule has 3 aromatic rings. The average Bonchev–Trinajstić information content (AvgIpc) is 3.22. The van der Waals surface area contributed by atoms with Gasteiger partial charge in [-0.05, 0) is 31.0 Å². The fourth-order valence-electron chi connectivity index (χ4n) is 3.15. The molecule has 0 aliphatic carbocycles. The number of para-hydroxylation sites is 1. The quantitative estimate of drug-likeness (QED) is 0.790. The van der Waals surface area contributed by atoms with E-state index in [2.05, 4.69) is 15.2 Å². The Hall–Kier alpha value is -2.69. The summed E-state index contributed by atoms with van der Waals surface area (Å²) in [4.78, 5) is 19.2. The Bertz CT molecular complexity index is 812. The zero-order valence-corrected chi connectivity index (χ0v) is 12.1. The summed E-state index contributed by atoms with van der Waals surface area (Å²) in [7, 11) is 0. The molecule has 1 aromatic carbocycles. The fourth-order valence-corrected chi connectivity index (χ4v) is 3.15. The average molecular weight is 292 g/mol. The van der Waals surface area contributed by atoms with Gasteiger partial charge in [0.1, 0.15) is 0 Å². The van der Waals surface area contributed by atoms with Gasteiger partial charge in [0.2, 0.25) is 0 Å². The lowest BCUT2D eigenvalue weighted by Gasteiger charge is -2.23. The fraction of sp³-hybridized carbons (Fsp3) is 0.235. The number of pyridine rings is 1. The Morgan fingerprint density at radius 1 is 1.18 bits per heavy atom. The lowest BCUT2D eigenvalue weighted by atomic mass is 10.1. The molecule has 0 spiro atoms. The zero-order valence-electron chi connectivity index (χ0n) is 12.1. The summed E-state index contributed by atoms with van der Waals surface area (Å²) in [5, 5.41) is 8.04. The van der Waals surface area contributed by atoms with Gasteiger partial charge in [-0.2, -0.15) is 5.10 Å². The van der Waals surface area contributed by atoms with Crippen molar-refractivity contribution in [2.24, 2.45) is 0 Å². The van der Waals surface area contributed by atoms with Gasteiger partial charge in [-0.15, -0.1) is 0 Å². The van der Waals surface area contributed by atoms with E-state index in [1.165, 1.54) is 0 Å². The molecule has 5 heteroatoms. The first-order valence-electron chi connectivity index (χ1n) is 7.49. The summed E-state index contributed by atoms with van der Waals surface area (Å²) < 4.78 is 0. The van der Waals surface area contributed by atoms with Crippen LogP contribution in [-0.4, -0.2) is 32.5 Å². The third-order valence-corrected chi connectivity index (χ3v) is 4.22. The predicted molar refractivity (Wildman–Crippen MR) is 83.3 cm³/mol. The van der Waals surface area contributed by atoms with Crippen molar-refractivity contribution >= 4 is 16.8 Å². The molecule has 1 aliphatic heterocycles. The molecule has 0 unspecified atom stereocenters. The molecule has 110 valence electrons. The van der Waals surface area contributed by atoms with Crippen molar-refractivity contribution in [2.45, 2.75) is 18.9 Å². The van der Waals surface area contributed by atoms with Gasteiger partial charge < -0.3 is 4.90 Å². The van der Waals surface area contributed by atoms with Gasteiger partial charge in [-0.1, -0.05) is 24.3 Å². The molecule has 2 aromatic heterocycles. The number of aromatic amines is 1. The number of likely N-dealkylation sites (tertiary alicyclic amines) is 1. The molecule has 0 radical (unpaired) electrons. The number of carbonyl (C=O) groups is 1. The number of nitrogens with one attached hydrogen (secondary N) is 1. The van der Waals surface area contributed by atoms with E-state index >= 15 is 0 Å². The highest BCUT2D eigenvalue weighted by atomic mass is 16.2. The molecule has 4 rings (SSSR count). The van der Waals surface area contributed by atoms with E-state index < -0.39 is 0 Å². The van der Waals surface area contributed by atoms with Crippen LogP contribution in [0.25, 0.3) is 10.9 Å². The van der Waals surface area contributed by atoms with Crippen LogP contribution in [0, 0.1) is 0 Å². The summed E-state index contributed by atoms with van der Waals surface area (Å²) in [6.45, 7) is 0.751. The van der Waals surface area contributed by atoms with E-state index in [0.717, 1.165) is 36.0 Å². The predicted octanol–water partition coefficient (Wildman–Crippen LogP) is 2.94. The summed E-state index contributed by atoms with van der Waals surface area (Å²) in [6.07, 6.45) is 3.72. The summed E-state index contributed by atoms with van der Waals surface area (Å²) in [6, 6.07) is 13.6. The van der Waals surface area contributed by atoms with Crippen LogP contribution in [0.5, 0.6) is 0 Å². The maximum atomic E-state index is 12.9. The Balaban J connectivity index is 1.70. The highest BCUT2D eigenvalue weighted by Gasteiger charge is 2.33. The van der Waals surface area contributed by atoms with E-state index in [1.807, 2.05) is 47.4 Å². The lowest BCUT2D eigenvalue weighted by molar-refractivity contribution is 0.0729. The van der Waals surface area contributed by atoms with Crippen molar-refractivity contribution in [3.05, 3.63) is 60.0 Å². The summed E-state index contributed by atoms with van der Waals surface area (Å²) >= 11 is 0. The molecule has 1 N–H and O–H groups in total. The number of H-pyrrole nitrogens is 1. The lowest BCUT2D eigenvalue weighted by Crippen LogP contribution is -2.31. The minimum Gasteiger partial charge on any atom is -0.329 e. The molecule has 0 saturated carbocycles. The Morgan fingerprint density at radius 2 is 2.05 bits per heavy atom. The Labute approximate surface area is 128 Å². The van der Waals surface area contributed by atoms with Gasteiger partial charge in [-0.3, -0.25) is 14.9 Å². The van der Waals surface area contributed by atoms with Gasteiger partial charge in [0.15, 0.2) is 5.69 Å². The first kappa shape index (κ1) is 13.0. The monoisotopic (exact) mass is 292 g/mol. The molecule has 1 fully saturated rings. The molecule has 1 aliphatic rings. The molecule has 3 heterocycles. The normalized spacial score (nSPS) is 18.0. The molecule has 5 nitrogen and oxygen atoms in total. The minimum atomic E-state index is -0.0226. The summed E-state index contributed by atoms with van der Waals surface area (Å²) in [5.41, 5.74) is 2.34. The third kappa shape index (κ3) is 2.06. The summed E-state index contributed by atoms with van der Waals surface area (Å²) in [5.74, 6) is -0.0226.